The first kappa shape index (κ1) is 13.3. The number of nitrogens with one attached hydrogen (secondary N) is 1. The van der Waals surface area contributed by atoms with Crippen molar-refractivity contribution in [3.05, 3.63) is 49.9 Å². The lowest BCUT2D eigenvalue weighted by Crippen LogP contribution is -1.80. The molecule has 0 unspecified atom stereocenters. The Morgan fingerprint density at radius 1 is 0.947 bits per heavy atom. The number of nitrogens with zero attached hydrogens (tertiary/aromatic N) is 1. The lowest BCUT2D eigenvalue weighted by molar-refractivity contribution is 1.33. The smallest absolute Gasteiger partial charge is 0.138 e. The van der Waals surface area contributed by atoms with Crippen molar-refractivity contribution in [2.75, 3.05) is 0 Å². The van der Waals surface area contributed by atoms with E-state index in [-0.39, 0.29) is 0 Å². The zero-order valence-corrected chi connectivity index (χ0v) is 13.2. The second kappa shape index (κ2) is 4.98. The molecule has 0 aliphatic carbocycles. The highest BCUT2D eigenvalue weighted by Crippen LogP contribution is 2.31. The molecule has 1 N–H and O–H groups in total. The number of hydrogen-bond donors (Lipinski definition) is 1. The molecule has 0 amide bonds. The highest BCUT2D eigenvalue weighted by molar-refractivity contribution is 9.10. The zero-order chi connectivity index (χ0) is 13.6. The molecule has 2 aromatic carbocycles. The Morgan fingerprint density at radius 3 is 2.42 bits per heavy atom. The standard InChI is InChI=1S/C13H6BrCl3N2/c14-7-3-6(1-2-8(7)15)13-18-11-4-9(16)10(17)5-12(11)19-13/h1-5H,(H,18,19). The van der Waals surface area contributed by atoms with E-state index in [2.05, 4.69) is 25.9 Å². The summed E-state index contributed by atoms with van der Waals surface area (Å²) in [6.45, 7) is 0. The van der Waals surface area contributed by atoms with Gasteiger partial charge >= 0.3 is 0 Å². The van der Waals surface area contributed by atoms with Crippen LogP contribution in [0, 0.1) is 0 Å². The minimum Gasteiger partial charge on any atom is -0.338 e. The third-order valence-corrected chi connectivity index (χ3v) is 4.65. The van der Waals surface area contributed by atoms with Gasteiger partial charge in [0.15, 0.2) is 0 Å². The Morgan fingerprint density at radius 2 is 1.68 bits per heavy atom. The van der Waals surface area contributed by atoms with Gasteiger partial charge in [-0.3, -0.25) is 0 Å². The second-order valence-electron chi connectivity index (χ2n) is 4.00. The summed E-state index contributed by atoms with van der Waals surface area (Å²) in [5.74, 6) is 0.741. The Kier molecular flexibility index (Phi) is 3.48. The van der Waals surface area contributed by atoms with Crippen molar-refractivity contribution < 1.29 is 0 Å². The zero-order valence-electron chi connectivity index (χ0n) is 9.35. The van der Waals surface area contributed by atoms with E-state index in [4.69, 9.17) is 34.8 Å². The van der Waals surface area contributed by atoms with E-state index in [0.29, 0.717) is 15.1 Å². The Labute approximate surface area is 132 Å². The van der Waals surface area contributed by atoms with E-state index >= 15 is 0 Å². The van der Waals surface area contributed by atoms with Crippen LogP contribution in [0.25, 0.3) is 22.4 Å². The molecule has 96 valence electrons. The first-order valence-electron chi connectivity index (χ1n) is 5.35. The van der Waals surface area contributed by atoms with Crippen LogP contribution in [0.15, 0.2) is 34.8 Å². The summed E-state index contributed by atoms with van der Waals surface area (Å²) >= 11 is 21.3. The third-order valence-electron chi connectivity index (χ3n) is 2.72. The summed E-state index contributed by atoms with van der Waals surface area (Å²) in [6.07, 6.45) is 0. The van der Waals surface area contributed by atoms with Gasteiger partial charge in [-0.25, -0.2) is 4.98 Å². The van der Waals surface area contributed by atoms with Gasteiger partial charge < -0.3 is 4.98 Å². The molecular formula is C13H6BrCl3N2. The topological polar surface area (TPSA) is 28.7 Å². The molecule has 0 aliphatic rings. The summed E-state index contributed by atoms with van der Waals surface area (Å²) in [7, 11) is 0. The molecule has 0 fully saturated rings. The summed E-state index contributed by atoms with van der Waals surface area (Å²) < 4.78 is 0.822. The van der Waals surface area contributed by atoms with Crippen LogP contribution in [-0.2, 0) is 0 Å². The van der Waals surface area contributed by atoms with Gasteiger partial charge in [0.1, 0.15) is 5.82 Å². The lowest BCUT2D eigenvalue weighted by Gasteiger charge is -1.99. The maximum Gasteiger partial charge on any atom is 0.138 e. The van der Waals surface area contributed by atoms with Gasteiger partial charge in [-0.2, -0.15) is 0 Å². The Balaban J connectivity index is 2.17. The molecule has 6 heteroatoms. The number of imidazole rings is 1. The van der Waals surface area contributed by atoms with Crippen LogP contribution in [0.3, 0.4) is 0 Å². The molecule has 2 nitrogen and oxygen atoms in total. The van der Waals surface area contributed by atoms with Crippen molar-refractivity contribution in [1.82, 2.24) is 9.97 Å². The summed E-state index contributed by atoms with van der Waals surface area (Å²) in [5, 5.41) is 1.65. The van der Waals surface area contributed by atoms with E-state index in [1.54, 1.807) is 12.1 Å². The fraction of sp³-hybridized carbons (Fsp3) is 0. The van der Waals surface area contributed by atoms with Gasteiger partial charge in [-0.05, 0) is 46.3 Å². The van der Waals surface area contributed by atoms with Gasteiger partial charge in [0.25, 0.3) is 0 Å². The number of rotatable bonds is 1. The predicted molar refractivity (Wildman–Crippen MR) is 84.3 cm³/mol. The molecule has 1 aromatic heterocycles. The van der Waals surface area contributed by atoms with Gasteiger partial charge in [0.2, 0.25) is 0 Å². The van der Waals surface area contributed by atoms with Crippen molar-refractivity contribution in [2.24, 2.45) is 0 Å². The van der Waals surface area contributed by atoms with Crippen molar-refractivity contribution in [3.63, 3.8) is 0 Å². The normalized spacial score (nSPS) is 11.2. The van der Waals surface area contributed by atoms with Gasteiger partial charge in [0, 0.05) is 10.0 Å². The lowest BCUT2D eigenvalue weighted by atomic mass is 10.2. The van der Waals surface area contributed by atoms with E-state index in [9.17, 15) is 0 Å². The SMILES string of the molecule is Clc1cc2nc(-c3ccc(Cl)c(Br)c3)[nH]c2cc1Cl. The predicted octanol–water partition coefficient (Wildman–Crippen LogP) is 5.95. The molecule has 0 spiro atoms. The monoisotopic (exact) mass is 374 g/mol. The summed E-state index contributed by atoms with van der Waals surface area (Å²) in [6, 6.07) is 9.12. The molecule has 0 aliphatic heterocycles. The molecule has 19 heavy (non-hydrogen) atoms. The maximum absolute atomic E-state index is 5.98. The highest BCUT2D eigenvalue weighted by atomic mass is 79.9. The van der Waals surface area contributed by atoms with Crippen LogP contribution in [0.4, 0.5) is 0 Å². The molecule has 0 bridgehead atoms. The van der Waals surface area contributed by atoms with Crippen molar-refractivity contribution in [3.8, 4) is 11.4 Å². The molecule has 3 aromatic rings. The van der Waals surface area contributed by atoms with Gasteiger partial charge in [-0.15, -0.1) is 0 Å². The van der Waals surface area contributed by atoms with Crippen LogP contribution in [-0.4, -0.2) is 9.97 Å². The van der Waals surface area contributed by atoms with Crippen LogP contribution in [0.1, 0.15) is 0 Å². The molecule has 3 rings (SSSR count). The third kappa shape index (κ3) is 2.48. The Hall–Kier alpha value is -0.740. The van der Waals surface area contributed by atoms with Crippen LogP contribution < -0.4 is 0 Å². The number of aromatic amines is 1. The van der Waals surface area contributed by atoms with E-state index in [1.165, 1.54) is 0 Å². The number of benzene rings is 2. The average molecular weight is 376 g/mol. The summed E-state index contributed by atoms with van der Waals surface area (Å²) in [5.41, 5.74) is 2.55. The fourth-order valence-corrected chi connectivity index (χ4v) is 2.60. The molecule has 0 saturated heterocycles. The van der Waals surface area contributed by atoms with Crippen LogP contribution in [0.2, 0.25) is 15.1 Å². The highest BCUT2D eigenvalue weighted by Gasteiger charge is 2.09. The average Bonchev–Trinajstić information content (AvgIpc) is 2.76. The molecule has 0 saturated carbocycles. The molecule has 0 radical (unpaired) electrons. The van der Waals surface area contributed by atoms with Crippen molar-refractivity contribution >= 4 is 61.8 Å². The largest absolute Gasteiger partial charge is 0.338 e. The van der Waals surface area contributed by atoms with Crippen LogP contribution >= 0.6 is 50.7 Å². The number of halogens is 4. The molecule has 1 heterocycles. The first-order valence-corrected chi connectivity index (χ1v) is 7.27. The summed E-state index contributed by atoms with van der Waals surface area (Å²) in [4.78, 5) is 7.70. The minimum absolute atomic E-state index is 0.490. The number of hydrogen-bond acceptors (Lipinski definition) is 1. The van der Waals surface area contributed by atoms with Gasteiger partial charge in [0.05, 0.1) is 26.1 Å². The van der Waals surface area contributed by atoms with E-state index in [0.717, 1.165) is 26.9 Å². The first-order chi connectivity index (χ1) is 9.04. The fourth-order valence-electron chi connectivity index (χ4n) is 1.79. The maximum atomic E-state index is 5.98. The molecular weight excluding hydrogens is 370 g/mol. The number of aromatic nitrogens is 2. The van der Waals surface area contributed by atoms with Crippen molar-refractivity contribution in [2.45, 2.75) is 0 Å². The van der Waals surface area contributed by atoms with E-state index < -0.39 is 0 Å². The molecule has 0 atom stereocenters. The van der Waals surface area contributed by atoms with Gasteiger partial charge in [-0.1, -0.05) is 34.8 Å². The van der Waals surface area contributed by atoms with E-state index in [1.807, 2.05) is 18.2 Å². The Bertz CT molecular complexity index is 744. The number of fused-ring (bicyclic) bond motifs is 1. The van der Waals surface area contributed by atoms with Crippen LogP contribution in [0.5, 0.6) is 0 Å². The quantitative estimate of drug-likeness (QED) is 0.558. The second-order valence-corrected chi connectivity index (χ2v) is 6.07. The minimum atomic E-state index is 0.490. The van der Waals surface area contributed by atoms with Crippen molar-refractivity contribution in [1.29, 1.82) is 0 Å². The number of H-pyrrole nitrogens is 1.